The van der Waals surface area contributed by atoms with Gasteiger partial charge in [-0.15, -0.1) is 19.7 Å². The minimum Gasteiger partial charge on any atom is -0.433 e. The topological polar surface area (TPSA) is 36.9 Å². The minimum absolute atomic E-state index is 0.212. The normalized spacial score (nSPS) is 17.9. The predicted octanol–water partition coefficient (Wildman–Crippen LogP) is 6.44. The maximum Gasteiger partial charge on any atom is 0.389 e. The highest BCUT2D eigenvalue weighted by Gasteiger charge is 2.49. The maximum atomic E-state index is 13.0. The van der Waals surface area contributed by atoms with Gasteiger partial charge in [-0.1, -0.05) is 17.1 Å². The van der Waals surface area contributed by atoms with Crippen molar-refractivity contribution in [1.82, 2.24) is 0 Å². The molecule has 4 nitrogen and oxygen atoms in total. The molecular formula is C17H37F3O4Si5. The zero-order valence-electron chi connectivity index (χ0n) is 19.0. The predicted molar refractivity (Wildman–Crippen MR) is 126 cm³/mol. The molecule has 0 aromatic heterocycles. The molecule has 0 saturated carbocycles. The summed E-state index contributed by atoms with van der Waals surface area (Å²) >= 11 is 0. The molecule has 0 aliphatic carbocycles. The Hall–Kier alpha value is -0.0656. The lowest BCUT2D eigenvalue weighted by molar-refractivity contribution is -0.131. The Bertz CT molecular complexity index is 598. The molecule has 0 heterocycles. The van der Waals surface area contributed by atoms with Crippen LogP contribution >= 0.6 is 0 Å². The van der Waals surface area contributed by atoms with Crippen LogP contribution in [0.25, 0.3) is 0 Å². The summed E-state index contributed by atoms with van der Waals surface area (Å²) in [6.45, 7) is 26.5. The first-order chi connectivity index (χ1) is 12.7. The van der Waals surface area contributed by atoms with Crippen molar-refractivity contribution < 1.29 is 29.6 Å². The monoisotopic (exact) mass is 502 g/mol. The van der Waals surface area contributed by atoms with E-state index in [0.717, 1.165) is 0 Å². The van der Waals surface area contributed by atoms with E-state index in [1.807, 2.05) is 45.0 Å². The van der Waals surface area contributed by atoms with E-state index in [1.54, 1.807) is 24.5 Å². The standard InChI is InChI=1S/C17H37F3O4Si5/c1-12-25(4,5)21-27(8,9)23-28(10,14-3)24-29(11,16-15-17(18,19)20)22-26(6,7)13-2/h12-14H,1-3,15-16H2,4-11H3. The Kier molecular flexibility index (Phi) is 10.0. The van der Waals surface area contributed by atoms with Gasteiger partial charge in [0.1, 0.15) is 0 Å². The first-order valence-electron chi connectivity index (χ1n) is 9.50. The van der Waals surface area contributed by atoms with Gasteiger partial charge in [-0.05, 0) is 58.4 Å². The van der Waals surface area contributed by atoms with Gasteiger partial charge >= 0.3 is 31.9 Å². The van der Waals surface area contributed by atoms with Crippen LogP contribution in [0.5, 0.6) is 0 Å². The van der Waals surface area contributed by atoms with E-state index < -0.39 is 54.9 Å². The van der Waals surface area contributed by atoms with E-state index >= 15 is 0 Å². The zero-order chi connectivity index (χ0) is 23.4. The smallest absolute Gasteiger partial charge is 0.389 e. The van der Waals surface area contributed by atoms with Gasteiger partial charge in [0.2, 0.25) is 0 Å². The van der Waals surface area contributed by atoms with Crippen LogP contribution in [-0.4, -0.2) is 48.5 Å². The average molecular weight is 503 g/mol. The molecular weight excluding hydrogens is 466 g/mol. The van der Waals surface area contributed by atoms with Crippen molar-refractivity contribution in [2.24, 2.45) is 0 Å². The molecule has 0 amide bonds. The Balaban J connectivity index is 5.74. The fourth-order valence-electron chi connectivity index (χ4n) is 2.81. The van der Waals surface area contributed by atoms with E-state index in [2.05, 4.69) is 19.7 Å². The summed E-state index contributed by atoms with van der Waals surface area (Å²) in [6.07, 6.45) is -5.25. The van der Waals surface area contributed by atoms with Crippen LogP contribution in [0.1, 0.15) is 6.42 Å². The van der Waals surface area contributed by atoms with Crippen LogP contribution < -0.4 is 0 Å². The highest BCUT2D eigenvalue weighted by atomic mass is 28.5. The van der Waals surface area contributed by atoms with Gasteiger partial charge in [0, 0.05) is 6.42 Å². The molecule has 0 aromatic rings. The van der Waals surface area contributed by atoms with Crippen LogP contribution in [0.3, 0.4) is 0 Å². The molecule has 0 aromatic carbocycles. The van der Waals surface area contributed by atoms with E-state index in [1.165, 1.54) is 0 Å². The molecule has 2 unspecified atom stereocenters. The quantitative estimate of drug-likeness (QED) is 0.272. The Morgan fingerprint density at radius 1 is 0.690 bits per heavy atom. The summed E-state index contributed by atoms with van der Waals surface area (Å²) < 4.78 is 64.0. The highest BCUT2D eigenvalue weighted by Crippen LogP contribution is 2.33. The third-order valence-electron chi connectivity index (χ3n) is 4.07. The van der Waals surface area contributed by atoms with Crippen molar-refractivity contribution in [2.45, 2.75) is 71.0 Å². The van der Waals surface area contributed by atoms with Crippen molar-refractivity contribution in [3.63, 3.8) is 0 Å². The second kappa shape index (κ2) is 10.0. The molecule has 0 bridgehead atoms. The van der Waals surface area contributed by atoms with Crippen LogP contribution in [0.4, 0.5) is 13.2 Å². The molecule has 0 aliphatic heterocycles. The third kappa shape index (κ3) is 11.8. The zero-order valence-corrected chi connectivity index (χ0v) is 24.0. The van der Waals surface area contributed by atoms with Gasteiger partial charge in [-0.25, -0.2) is 0 Å². The Morgan fingerprint density at radius 3 is 1.52 bits per heavy atom. The van der Waals surface area contributed by atoms with Crippen molar-refractivity contribution in [3.8, 4) is 0 Å². The fourth-order valence-corrected chi connectivity index (χ4v) is 24.2. The number of halogens is 3. The van der Waals surface area contributed by atoms with Crippen molar-refractivity contribution >= 4 is 42.3 Å². The SMILES string of the molecule is C=C[Si](C)(C)O[Si](C)(C)O[Si](C)(C=C)O[Si](C)(CCC(F)(F)F)O[Si](C)(C)C=C. The Labute approximate surface area is 179 Å². The van der Waals surface area contributed by atoms with Gasteiger partial charge in [0.15, 0.2) is 16.6 Å². The van der Waals surface area contributed by atoms with Crippen LogP contribution in [0, 0.1) is 0 Å². The average Bonchev–Trinajstić information content (AvgIpc) is 2.50. The molecule has 29 heavy (non-hydrogen) atoms. The van der Waals surface area contributed by atoms with E-state index in [9.17, 15) is 13.2 Å². The van der Waals surface area contributed by atoms with E-state index in [4.69, 9.17) is 16.5 Å². The van der Waals surface area contributed by atoms with Crippen molar-refractivity contribution in [3.05, 3.63) is 36.8 Å². The lowest BCUT2D eigenvalue weighted by Crippen LogP contribution is -2.60. The van der Waals surface area contributed by atoms with Gasteiger partial charge in [0.05, 0.1) is 0 Å². The maximum absolute atomic E-state index is 13.0. The summed E-state index contributed by atoms with van der Waals surface area (Å²) in [4.78, 5) is 0. The number of rotatable bonds is 13. The molecule has 0 aliphatic rings. The van der Waals surface area contributed by atoms with E-state index in [0.29, 0.717) is 0 Å². The highest BCUT2D eigenvalue weighted by molar-refractivity contribution is 6.93. The summed E-state index contributed by atoms with van der Waals surface area (Å²) in [5, 5.41) is 0. The largest absolute Gasteiger partial charge is 0.433 e. The first kappa shape index (κ1) is 28.9. The van der Waals surface area contributed by atoms with Gasteiger partial charge < -0.3 is 16.5 Å². The molecule has 12 heteroatoms. The summed E-state index contributed by atoms with van der Waals surface area (Å²) in [5.74, 6) is 0. The second-order valence-corrected chi connectivity index (χ2v) is 27.4. The van der Waals surface area contributed by atoms with Crippen LogP contribution in [0.15, 0.2) is 36.8 Å². The number of hydrogen-bond acceptors (Lipinski definition) is 4. The molecule has 0 fully saturated rings. The molecule has 2 atom stereocenters. The minimum atomic E-state index is -4.29. The molecule has 0 saturated heterocycles. The second-order valence-electron chi connectivity index (χ2n) is 8.89. The van der Waals surface area contributed by atoms with Crippen molar-refractivity contribution in [1.29, 1.82) is 0 Å². The van der Waals surface area contributed by atoms with Crippen LogP contribution in [0.2, 0.25) is 58.4 Å². The lowest BCUT2D eigenvalue weighted by atomic mass is 10.5. The summed E-state index contributed by atoms with van der Waals surface area (Å²) in [5.41, 5.74) is 5.11. The van der Waals surface area contributed by atoms with Crippen LogP contribution in [-0.2, 0) is 16.5 Å². The Morgan fingerprint density at radius 2 is 1.14 bits per heavy atom. The molecule has 0 spiro atoms. The molecule has 170 valence electrons. The molecule has 0 rings (SSSR count). The summed E-state index contributed by atoms with van der Waals surface area (Å²) in [7, 11) is -13.5. The number of hydrogen-bond donors (Lipinski definition) is 0. The molecule has 0 radical (unpaired) electrons. The van der Waals surface area contributed by atoms with E-state index in [-0.39, 0.29) is 6.04 Å². The summed E-state index contributed by atoms with van der Waals surface area (Å²) in [6, 6.07) is -0.212. The van der Waals surface area contributed by atoms with Gasteiger partial charge in [0.25, 0.3) is 0 Å². The lowest BCUT2D eigenvalue weighted by Gasteiger charge is -2.43. The molecule has 0 N–H and O–H groups in total. The first-order valence-corrected chi connectivity index (χ1v) is 23.2. The fraction of sp³-hybridized carbons (Fsp3) is 0.647. The van der Waals surface area contributed by atoms with Gasteiger partial charge in [-0.2, -0.15) is 13.2 Å². The van der Waals surface area contributed by atoms with Gasteiger partial charge in [-0.3, -0.25) is 0 Å². The number of alkyl halides is 3. The van der Waals surface area contributed by atoms with Crippen molar-refractivity contribution in [2.75, 3.05) is 0 Å². The third-order valence-corrected chi connectivity index (χ3v) is 22.8.